The van der Waals surface area contributed by atoms with Crippen molar-refractivity contribution < 1.29 is 22.0 Å². The lowest BCUT2D eigenvalue weighted by molar-refractivity contribution is 0.105. The first-order valence-electron chi connectivity index (χ1n) is 6.44. The van der Waals surface area contributed by atoms with Gasteiger partial charge in [-0.3, -0.25) is 0 Å². The van der Waals surface area contributed by atoms with Gasteiger partial charge in [-0.15, -0.1) is 0 Å². The van der Waals surface area contributed by atoms with Gasteiger partial charge in [0, 0.05) is 13.2 Å². The average Bonchev–Trinajstić information content (AvgIpc) is 2.96. The summed E-state index contributed by atoms with van der Waals surface area (Å²) < 4.78 is 49.9. The number of nitrogens with one attached hydrogen (secondary N) is 1. The highest BCUT2D eigenvalue weighted by Gasteiger charge is 2.17. The first-order chi connectivity index (χ1) is 10.1. The third-order valence-electron chi connectivity index (χ3n) is 2.71. The molecule has 0 amide bonds. The van der Waals surface area contributed by atoms with Crippen LogP contribution >= 0.6 is 0 Å². The summed E-state index contributed by atoms with van der Waals surface area (Å²) in [5.74, 6) is -0.0546. The number of rotatable bonds is 8. The van der Waals surface area contributed by atoms with Crippen LogP contribution in [0, 0.1) is 5.82 Å². The normalized spacial score (nSPS) is 11.7. The van der Waals surface area contributed by atoms with E-state index in [4.69, 9.17) is 9.15 Å². The quantitative estimate of drug-likeness (QED) is 0.759. The van der Waals surface area contributed by atoms with Crippen LogP contribution in [-0.2, 0) is 21.4 Å². The van der Waals surface area contributed by atoms with Crippen molar-refractivity contribution in [3.8, 4) is 0 Å². The molecule has 2 aromatic rings. The number of halogens is 1. The van der Waals surface area contributed by atoms with Crippen molar-refractivity contribution in [2.24, 2.45) is 0 Å². The minimum absolute atomic E-state index is 0.175. The fraction of sp³-hybridized carbons (Fsp3) is 0.286. The summed E-state index contributed by atoms with van der Waals surface area (Å²) >= 11 is 0. The number of benzene rings is 1. The van der Waals surface area contributed by atoms with Gasteiger partial charge in [-0.25, -0.2) is 17.5 Å². The van der Waals surface area contributed by atoms with Crippen LogP contribution in [0.15, 0.2) is 52.0 Å². The van der Waals surface area contributed by atoms with Gasteiger partial charge in [-0.05, 0) is 30.7 Å². The van der Waals surface area contributed by atoms with Crippen LogP contribution < -0.4 is 4.72 Å². The third kappa shape index (κ3) is 4.66. The zero-order valence-electron chi connectivity index (χ0n) is 11.3. The molecule has 0 unspecified atom stereocenters. The number of ether oxygens (including phenoxy) is 1. The van der Waals surface area contributed by atoms with Gasteiger partial charge < -0.3 is 9.15 Å². The largest absolute Gasteiger partial charge is 0.467 e. The molecule has 1 aromatic heterocycles. The van der Waals surface area contributed by atoms with E-state index < -0.39 is 15.8 Å². The van der Waals surface area contributed by atoms with Crippen LogP contribution in [0.5, 0.6) is 0 Å². The molecule has 0 aliphatic rings. The van der Waals surface area contributed by atoms with Crippen molar-refractivity contribution in [2.45, 2.75) is 17.9 Å². The van der Waals surface area contributed by atoms with E-state index in [1.807, 2.05) is 0 Å². The van der Waals surface area contributed by atoms with E-state index in [0.717, 1.165) is 6.07 Å². The van der Waals surface area contributed by atoms with Crippen molar-refractivity contribution >= 4 is 10.0 Å². The predicted octanol–water partition coefficient (Wildman–Crippen LogP) is 2.30. The van der Waals surface area contributed by atoms with Gasteiger partial charge in [0.05, 0.1) is 6.26 Å². The molecule has 1 aromatic carbocycles. The van der Waals surface area contributed by atoms with Gasteiger partial charge in [-0.2, -0.15) is 0 Å². The van der Waals surface area contributed by atoms with Crippen molar-refractivity contribution in [2.75, 3.05) is 13.2 Å². The Morgan fingerprint density at radius 1 is 1.19 bits per heavy atom. The van der Waals surface area contributed by atoms with Crippen molar-refractivity contribution in [3.05, 3.63) is 54.2 Å². The van der Waals surface area contributed by atoms with E-state index in [1.165, 1.54) is 18.2 Å². The third-order valence-corrected chi connectivity index (χ3v) is 4.20. The second kappa shape index (κ2) is 7.35. The molecule has 2 rings (SSSR count). The number of hydrogen-bond donors (Lipinski definition) is 1. The molecule has 0 fully saturated rings. The summed E-state index contributed by atoms with van der Waals surface area (Å²) in [6.07, 6.45) is 2.04. The van der Waals surface area contributed by atoms with E-state index in [9.17, 15) is 12.8 Å². The number of furan rings is 1. The zero-order valence-corrected chi connectivity index (χ0v) is 12.1. The Morgan fingerprint density at radius 3 is 2.71 bits per heavy atom. The van der Waals surface area contributed by atoms with Gasteiger partial charge in [-0.1, -0.05) is 12.1 Å². The summed E-state index contributed by atoms with van der Waals surface area (Å²) in [5, 5.41) is 0. The maximum absolute atomic E-state index is 13.4. The van der Waals surface area contributed by atoms with Crippen LogP contribution in [0.1, 0.15) is 12.2 Å². The summed E-state index contributed by atoms with van der Waals surface area (Å²) in [4.78, 5) is -0.346. The SMILES string of the molecule is O=S(=O)(NCCCOCc1ccco1)c1ccccc1F. The first-order valence-corrected chi connectivity index (χ1v) is 7.92. The Morgan fingerprint density at radius 2 is 2.00 bits per heavy atom. The van der Waals surface area contributed by atoms with Crippen LogP contribution in [0.2, 0.25) is 0 Å². The van der Waals surface area contributed by atoms with Crippen LogP contribution in [-0.4, -0.2) is 21.6 Å². The molecule has 0 aliphatic carbocycles. The smallest absolute Gasteiger partial charge is 0.243 e. The molecule has 1 heterocycles. The molecule has 0 bridgehead atoms. The minimum Gasteiger partial charge on any atom is -0.467 e. The molecular formula is C14H16FNO4S. The summed E-state index contributed by atoms with van der Waals surface area (Å²) in [7, 11) is -3.82. The molecule has 21 heavy (non-hydrogen) atoms. The van der Waals surface area contributed by atoms with Crippen LogP contribution in [0.3, 0.4) is 0 Å². The van der Waals surface area contributed by atoms with Gasteiger partial charge in [0.2, 0.25) is 10.0 Å². The Hall–Kier alpha value is -1.70. The average molecular weight is 313 g/mol. The zero-order chi connectivity index (χ0) is 15.1. The predicted molar refractivity (Wildman–Crippen MR) is 74.6 cm³/mol. The molecule has 5 nitrogen and oxygen atoms in total. The molecule has 114 valence electrons. The molecule has 0 radical (unpaired) electrons. The highest BCUT2D eigenvalue weighted by molar-refractivity contribution is 7.89. The van der Waals surface area contributed by atoms with Crippen LogP contribution in [0.25, 0.3) is 0 Å². The Labute approximate surface area is 122 Å². The van der Waals surface area contributed by atoms with Crippen molar-refractivity contribution in [3.63, 3.8) is 0 Å². The van der Waals surface area contributed by atoms with E-state index in [0.29, 0.717) is 25.4 Å². The summed E-state index contributed by atoms with van der Waals surface area (Å²) in [6, 6.07) is 8.81. The molecule has 0 saturated heterocycles. The maximum atomic E-state index is 13.4. The Kier molecular flexibility index (Phi) is 5.49. The maximum Gasteiger partial charge on any atom is 0.243 e. The van der Waals surface area contributed by atoms with E-state index in [-0.39, 0.29) is 11.4 Å². The Bertz CT molecular complexity index is 655. The Balaban J connectivity index is 1.72. The minimum atomic E-state index is -3.82. The number of sulfonamides is 1. The highest BCUT2D eigenvalue weighted by atomic mass is 32.2. The second-order valence-electron chi connectivity index (χ2n) is 4.31. The van der Waals surface area contributed by atoms with Crippen molar-refractivity contribution in [1.29, 1.82) is 0 Å². The lowest BCUT2D eigenvalue weighted by Crippen LogP contribution is -2.26. The van der Waals surface area contributed by atoms with E-state index in [2.05, 4.69) is 4.72 Å². The van der Waals surface area contributed by atoms with Gasteiger partial charge in [0.25, 0.3) is 0 Å². The van der Waals surface area contributed by atoms with Crippen molar-refractivity contribution in [1.82, 2.24) is 4.72 Å². The molecule has 7 heteroatoms. The summed E-state index contributed by atoms with van der Waals surface area (Å²) in [5.41, 5.74) is 0. The molecule has 0 saturated carbocycles. The molecule has 0 atom stereocenters. The molecular weight excluding hydrogens is 297 g/mol. The highest BCUT2D eigenvalue weighted by Crippen LogP contribution is 2.12. The lowest BCUT2D eigenvalue weighted by Gasteiger charge is -2.07. The van der Waals surface area contributed by atoms with Gasteiger partial charge in [0.1, 0.15) is 23.1 Å². The monoisotopic (exact) mass is 313 g/mol. The molecule has 0 spiro atoms. The fourth-order valence-electron chi connectivity index (χ4n) is 1.69. The first kappa shape index (κ1) is 15.7. The topological polar surface area (TPSA) is 68.5 Å². The van der Waals surface area contributed by atoms with E-state index >= 15 is 0 Å². The number of hydrogen-bond acceptors (Lipinski definition) is 4. The molecule has 0 aliphatic heterocycles. The summed E-state index contributed by atoms with van der Waals surface area (Å²) in [6.45, 7) is 0.891. The standard InChI is InChI=1S/C14H16FNO4S/c15-13-6-1-2-7-14(13)21(17,18)16-8-4-9-19-11-12-5-3-10-20-12/h1-3,5-7,10,16H,4,8-9,11H2. The lowest BCUT2D eigenvalue weighted by atomic mass is 10.4. The molecule has 1 N–H and O–H groups in total. The van der Waals surface area contributed by atoms with Gasteiger partial charge >= 0.3 is 0 Å². The van der Waals surface area contributed by atoms with Crippen LogP contribution in [0.4, 0.5) is 4.39 Å². The van der Waals surface area contributed by atoms with Gasteiger partial charge in [0.15, 0.2) is 0 Å². The van der Waals surface area contributed by atoms with E-state index in [1.54, 1.807) is 18.4 Å². The second-order valence-corrected chi connectivity index (χ2v) is 6.05. The fourth-order valence-corrected chi connectivity index (χ4v) is 2.84.